The molecule has 2 aromatic carbocycles. The number of likely N-dealkylation sites (tertiary alicyclic amines) is 1. The number of benzene rings is 2. The van der Waals surface area contributed by atoms with Gasteiger partial charge >= 0.3 is 0 Å². The summed E-state index contributed by atoms with van der Waals surface area (Å²) in [6, 6.07) is 18.0. The summed E-state index contributed by atoms with van der Waals surface area (Å²) < 4.78 is 26.4. The van der Waals surface area contributed by atoms with Crippen molar-refractivity contribution in [1.29, 1.82) is 0 Å². The lowest BCUT2D eigenvalue weighted by molar-refractivity contribution is -0.132. The smallest absolute Gasteiger partial charge is 0.222 e. The number of sulfonamides is 1. The van der Waals surface area contributed by atoms with Gasteiger partial charge in [0.2, 0.25) is 15.9 Å². The van der Waals surface area contributed by atoms with E-state index in [0.717, 1.165) is 23.1 Å². The van der Waals surface area contributed by atoms with Gasteiger partial charge in [0.25, 0.3) is 0 Å². The number of amides is 1. The topological polar surface area (TPSA) is 66.5 Å². The highest BCUT2D eigenvalue weighted by Gasteiger charge is 2.37. The van der Waals surface area contributed by atoms with E-state index in [1.165, 1.54) is 6.26 Å². The van der Waals surface area contributed by atoms with Crippen LogP contribution in [-0.2, 0) is 21.2 Å². The Morgan fingerprint density at radius 2 is 1.82 bits per heavy atom. The van der Waals surface area contributed by atoms with Crippen LogP contribution in [-0.4, -0.2) is 44.1 Å². The molecule has 3 rings (SSSR count). The van der Waals surface area contributed by atoms with Crippen LogP contribution in [0.15, 0.2) is 54.6 Å². The van der Waals surface area contributed by atoms with Crippen molar-refractivity contribution >= 4 is 15.9 Å². The van der Waals surface area contributed by atoms with Crippen molar-refractivity contribution in [3.05, 3.63) is 60.2 Å². The summed E-state index contributed by atoms with van der Waals surface area (Å²) in [5.74, 6) is 0.101. The molecular formula is C22H28N2O3S. The predicted octanol–water partition coefficient (Wildman–Crippen LogP) is 3.21. The maximum Gasteiger partial charge on any atom is 0.222 e. The predicted molar refractivity (Wildman–Crippen MR) is 112 cm³/mol. The number of rotatable bonds is 7. The fraction of sp³-hybridized carbons (Fsp3) is 0.409. The molecular weight excluding hydrogens is 372 g/mol. The zero-order chi connectivity index (χ0) is 20.1. The summed E-state index contributed by atoms with van der Waals surface area (Å²) in [5.41, 5.74) is 3.36. The van der Waals surface area contributed by atoms with Crippen LogP contribution in [0.1, 0.15) is 31.7 Å². The van der Waals surface area contributed by atoms with Gasteiger partial charge in [0.1, 0.15) is 0 Å². The molecule has 0 radical (unpaired) electrons. The van der Waals surface area contributed by atoms with Crippen LogP contribution in [0.2, 0.25) is 0 Å². The van der Waals surface area contributed by atoms with E-state index in [9.17, 15) is 13.2 Å². The van der Waals surface area contributed by atoms with E-state index in [1.54, 1.807) is 0 Å². The molecule has 0 saturated carbocycles. The largest absolute Gasteiger partial charge is 0.338 e. The highest BCUT2D eigenvalue weighted by Crippen LogP contribution is 2.26. The standard InChI is InChI=1S/C22H28N2O3S/c1-3-8-22(25)24-14-13-20(23-28(2,26)27)21(24)16-17-9-7-12-19(15-17)18-10-5-4-6-11-18/h4-7,9-12,15,20-21,23H,3,8,13-14,16H2,1-2H3/t20-,21-/m0/s1. The highest BCUT2D eigenvalue weighted by atomic mass is 32.2. The van der Waals surface area contributed by atoms with Crippen molar-refractivity contribution in [3.8, 4) is 11.1 Å². The molecule has 5 nitrogen and oxygen atoms in total. The third-order valence-electron chi connectivity index (χ3n) is 5.17. The quantitative estimate of drug-likeness (QED) is 0.776. The number of hydrogen-bond acceptors (Lipinski definition) is 3. The lowest BCUT2D eigenvalue weighted by Gasteiger charge is -2.29. The zero-order valence-electron chi connectivity index (χ0n) is 16.5. The lowest BCUT2D eigenvalue weighted by atomic mass is 9.97. The van der Waals surface area contributed by atoms with Crippen molar-refractivity contribution in [2.45, 2.75) is 44.7 Å². The van der Waals surface area contributed by atoms with Crippen LogP contribution in [0.5, 0.6) is 0 Å². The second-order valence-electron chi connectivity index (χ2n) is 7.46. The first-order valence-corrected chi connectivity index (χ1v) is 11.7. The lowest BCUT2D eigenvalue weighted by Crippen LogP contribution is -2.47. The van der Waals surface area contributed by atoms with E-state index < -0.39 is 10.0 Å². The van der Waals surface area contributed by atoms with Crippen LogP contribution >= 0.6 is 0 Å². The minimum Gasteiger partial charge on any atom is -0.338 e. The fourth-order valence-electron chi connectivity index (χ4n) is 3.94. The van der Waals surface area contributed by atoms with Gasteiger partial charge in [0.05, 0.1) is 12.3 Å². The van der Waals surface area contributed by atoms with E-state index in [-0.39, 0.29) is 18.0 Å². The molecule has 150 valence electrons. The van der Waals surface area contributed by atoms with E-state index >= 15 is 0 Å². The van der Waals surface area contributed by atoms with Crippen molar-refractivity contribution in [1.82, 2.24) is 9.62 Å². The zero-order valence-corrected chi connectivity index (χ0v) is 17.3. The molecule has 1 N–H and O–H groups in total. The minimum atomic E-state index is -3.33. The second-order valence-corrected chi connectivity index (χ2v) is 9.24. The summed E-state index contributed by atoms with van der Waals surface area (Å²) in [5, 5.41) is 0. The molecule has 0 bridgehead atoms. The first-order chi connectivity index (χ1) is 13.4. The summed E-state index contributed by atoms with van der Waals surface area (Å²) in [4.78, 5) is 14.5. The van der Waals surface area contributed by atoms with Crippen LogP contribution in [0.4, 0.5) is 0 Å². The highest BCUT2D eigenvalue weighted by molar-refractivity contribution is 7.88. The Kier molecular flexibility index (Phi) is 6.52. The maximum absolute atomic E-state index is 12.6. The van der Waals surface area contributed by atoms with Gasteiger partial charge in [-0.15, -0.1) is 0 Å². The Morgan fingerprint density at radius 1 is 1.11 bits per heavy atom. The van der Waals surface area contributed by atoms with Gasteiger partial charge in [-0.3, -0.25) is 4.79 Å². The molecule has 1 aliphatic heterocycles. The normalized spacial score (nSPS) is 19.7. The van der Waals surface area contributed by atoms with Gasteiger partial charge in [-0.25, -0.2) is 13.1 Å². The third kappa shape index (κ3) is 5.20. The minimum absolute atomic E-state index is 0.101. The SMILES string of the molecule is CCCC(=O)N1CC[C@H](NS(C)(=O)=O)[C@@H]1Cc1cccc(-c2ccccc2)c1. The van der Waals surface area contributed by atoms with Gasteiger partial charge in [0, 0.05) is 19.0 Å². The van der Waals surface area contributed by atoms with Crippen LogP contribution < -0.4 is 4.72 Å². The van der Waals surface area contributed by atoms with Gasteiger partial charge in [-0.05, 0) is 36.0 Å². The van der Waals surface area contributed by atoms with Gasteiger partial charge in [-0.2, -0.15) is 0 Å². The van der Waals surface area contributed by atoms with Gasteiger partial charge in [0.15, 0.2) is 0 Å². The molecule has 0 spiro atoms. The van der Waals surface area contributed by atoms with Crippen LogP contribution in [0, 0.1) is 0 Å². The summed E-state index contributed by atoms with van der Waals surface area (Å²) >= 11 is 0. The maximum atomic E-state index is 12.6. The fourth-order valence-corrected chi connectivity index (χ4v) is 4.76. The Labute approximate surface area is 167 Å². The summed E-state index contributed by atoms with van der Waals surface area (Å²) in [7, 11) is -3.33. The van der Waals surface area contributed by atoms with E-state index in [1.807, 2.05) is 42.2 Å². The average Bonchev–Trinajstić information content (AvgIpc) is 3.03. The second kappa shape index (κ2) is 8.88. The molecule has 1 fully saturated rings. The molecule has 1 amide bonds. The Balaban J connectivity index is 1.85. The van der Waals surface area contributed by atoms with Crippen molar-refractivity contribution in [2.75, 3.05) is 12.8 Å². The molecule has 2 atom stereocenters. The van der Waals surface area contributed by atoms with Crippen LogP contribution in [0.25, 0.3) is 11.1 Å². The van der Waals surface area contributed by atoms with E-state index in [2.05, 4.69) is 29.0 Å². The molecule has 6 heteroatoms. The number of nitrogens with zero attached hydrogens (tertiary/aromatic N) is 1. The third-order valence-corrected chi connectivity index (χ3v) is 5.91. The molecule has 2 aromatic rings. The summed E-state index contributed by atoms with van der Waals surface area (Å²) in [6.07, 6.45) is 3.73. The molecule has 1 saturated heterocycles. The molecule has 1 aliphatic rings. The summed E-state index contributed by atoms with van der Waals surface area (Å²) in [6.45, 7) is 2.58. The first-order valence-electron chi connectivity index (χ1n) is 9.78. The Morgan fingerprint density at radius 3 is 2.50 bits per heavy atom. The van der Waals surface area contributed by atoms with E-state index in [4.69, 9.17) is 0 Å². The van der Waals surface area contributed by atoms with Crippen LogP contribution in [0.3, 0.4) is 0 Å². The monoisotopic (exact) mass is 400 g/mol. The number of carbonyl (C=O) groups is 1. The van der Waals surface area contributed by atoms with Crippen molar-refractivity contribution in [3.63, 3.8) is 0 Å². The first kappa shape index (κ1) is 20.6. The molecule has 0 aliphatic carbocycles. The molecule has 0 aromatic heterocycles. The number of nitrogens with one attached hydrogen (secondary N) is 1. The number of hydrogen-bond donors (Lipinski definition) is 1. The Bertz CT molecular complexity index is 912. The van der Waals surface area contributed by atoms with Crippen molar-refractivity contribution < 1.29 is 13.2 Å². The van der Waals surface area contributed by atoms with Gasteiger partial charge in [-0.1, -0.05) is 61.5 Å². The molecule has 28 heavy (non-hydrogen) atoms. The number of carbonyl (C=O) groups excluding carboxylic acids is 1. The van der Waals surface area contributed by atoms with Crippen molar-refractivity contribution in [2.24, 2.45) is 0 Å². The Hall–Kier alpha value is -2.18. The average molecular weight is 401 g/mol. The molecule has 0 unspecified atom stereocenters. The van der Waals surface area contributed by atoms with Gasteiger partial charge < -0.3 is 4.90 Å². The molecule has 1 heterocycles. The van der Waals surface area contributed by atoms with E-state index in [0.29, 0.717) is 25.8 Å².